The highest BCUT2D eigenvalue weighted by Gasteiger charge is 2.38. The van der Waals surface area contributed by atoms with E-state index < -0.39 is 0 Å². The van der Waals surface area contributed by atoms with Gasteiger partial charge in [0.1, 0.15) is 5.56 Å². The van der Waals surface area contributed by atoms with Gasteiger partial charge in [-0.25, -0.2) is 9.50 Å². The maximum atomic E-state index is 13.2. The number of nitrogens with zero attached hydrogens (tertiary/aromatic N) is 5. The molecule has 0 aromatic carbocycles. The summed E-state index contributed by atoms with van der Waals surface area (Å²) in [6.07, 6.45) is 8.69. The number of amides is 2. The Morgan fingerprint density at radius 3 is 3.00 bits per heavy atom. The lowest BCUT2D eigenvalue weighted by Crippen LogP contribution is -2.57. The van der Waals surface area contributed by atoms with E-state index in [-0.39, 0.29) is 11.8 Å². The lowest BCUT2D eigenvalue weighted by molar-refractivity contribution is -0.128. The normalized spacial score (nSPS) is 24.4. The van der Waals surface area contributed by atoms with Gasteiger partial charge in [0.2, 0.25) is 5.91 Å². The van der Waals surface area contributed by atoms with Crippen LogP contribution in [-0.2, 0) is 4.79 Å². The predicted octanol–water partition coefficient (Wildman–Crippen LogP) is 1.04. The topological polar surface area (TPSA) is 82.8 Å². The Labute approximate surface area is 164 Å². The van der Waals surface area contributed by atoms with Gasteiger partial charge in [0.05, 0.1) is 6.20 Å². The number of hydrogen-bond donors (Lipinski definition) is 1. The largest absolute Gasteiger partial charge is 0.349 e. The molecule has 3 atom stereocenters. The number of hydrogen-bond acceptors (Lipinski definition) is 5. The molecule has 8 nitrogen and oxygen atoms in total. The minimum absolute atomic E-state index is 0.0202. The van der Waals surface area contributed by atoms with E-state index in [1.165, 1.54) is 0 Å². The fourth-order valence-corrected chi connectivity index (χ4v) is 4.52. The van der Waals surface area contributed by atoms with Gasteiger partial charge in [-0.3, -0.25) is 9.59 Å². The molecule has 2 amide bonds. The molecule has 2 fully saturated rings. The minimum Gasteiger partial charge on any atom is -0.349 e. The van der Waals surface area contributed by atoms with Gasteiger partial charge in [-0.15, -0.1) is 0 Å². The van der Waals surface area contributed by atoms with Crippen molar-refractivity contribution in [3.05, 3.63) is 30.2 Å². The lowest BCUT2D eigenvalue weighted by atomic mass is 9.79. The van der Waals surface area contributed by atoms with Crippen molar-refractivity contribution in [1.82, 2.24) is 29.7 Å². The molecule has 4 rings (SSSR count). The minimum atomic E-state index is 0.0202. The van der Waals surface area contributed by atoms with Crippen molar-refractivity contribution < 1.29 is 9.59 Å². The van der Waals surface area contributed by atoms with Gasteiger partial charge in [0, 0.05) is 52.0 Å². The molecule has 0 radical (unpaired) electrons. The van der Waals surface area contributed by atoms with E-state index in [4.69, 9.17) is 0 Å². The molecule has 2 saturated heterocycles. The number of carbonyl (C=O) groups excluding carboxylic acids is 2. The first-order chi connectivity index (χ1) is 13.5. The van der Waals surface area contributed by atoms with E-state index in [0.29, 0.717) is 35.5 Å². The summed E-state index contributed by atoms with van der Waals surface area (Å²) in [6.45, 7) is 2.46. The third-order valence-electron chi connectivity index (χ3n) is 6.01. The Kier molecular flexibility index (Phi) is 5.30. The maximum absolute atomic E-state index is 13.2. The summed E-state index contributed by atoms with van der Waals surface area (Å²) >= 11 is 0. The van der Waals surface area contributed by atoms with Crippen LogP contribution in [0.25, 0.3) is 5.65 Å². The second-order valence-electron chi connectivity index (χ2n) is 8.21. The Balaban J connectivity index is 1.41. The van der Waals surface area contributed by atoms with Gasteiger partial charge >= 0.3 is 0 Å². The second kappa shape index (κ2) is 7.87. The third-order valence-corrected chi connectivity index (χ3v) is 6.01. The van der Waals surface area contributed by atoms with Crippen molar-refractivity contribution in [3.63, 3.8) is 0 Å². The number of fused-ring (bicyclic) bond motifs is 3. The van der Waals surface area contributed by atoms with Gasteiger partial charge in [-0.2, -0.15) is 5.10 Å². The zero-order valence-corrected chi connectivity index (χ0v) is 16.5. The van der Waals surface area contributed by atoms with E-state index in [1.54, 1.807) is 48.2 Å². The zero-order valence-electron chi connectivity index (χ0n) is 16.5. The van der Waals surface area contributed by atoms with Crippen LogP contribution in [-0.4, -0.2) is 76.0 Å². The molecular weight excluding hydrogens is 356 g/mol. The van der Waals surface area contributed by atoms with E-state index in [9.17, 15) is 9.59 Å². The smallest absolute Gasteiger partial charge is 0.259 e. The molecule has 28 heavy (non-hydrogen) atoms. The molecule has 0 spiro atoms. The van der Waals surface area contributed by atoms with Gasteiger partial charge in [-0.1, -0.05) is 0 Å². The molecule has 0 unspecified atom stereocenters. The van der Waals surface area contributed by atoms with Crippen molar-refractivity contribution in [2.45, 2.75) is 31.7 Å². The number of aromatic nitrogens is 3. The average Bonchev–Trinajstić information content (AvgIpc) is 3.13. The molecule has 2 aliphatic rings. The number of nitrogens with one attached hydrogen (secondary N) is 1. The SMILES string of the molecule is CN(C)C(=O)CCC[C@H]1NC[C@@H]2C[C@@H]1CN(C(=O)c1cnn3cccnc13)C2. The summed E-state index contributed by atoms with van der Waals surface area (Å²) in [7, 11) is 3.59. The highest BCUT2D eigenvalue weighted by molar-refractivity contribution is 5.99. The van der Waals surface area contributed by atoms with Crippen LogP contribution in [0.15, 0.2) is 24.7 Å². The number of carbonyl (C=O) groups is 2. The van der Waals surface area contributed by atoms with Crippen LogP contribution in [0.5, 0.6) is 0 Å². The molecule has 8 heteroatoms. The standard InChI is InChI=1S/C20H28N6O2/c1-24(2)18(27)6-3-5-17-15-9-14(10-22-17)12-25(13-15)20(28)16-11-23-26-8-4-7-21-19(16)26/h4,7-8,11,14-15,17,22H,3,5-6,9-10,12-13H2,1-2H3/t14-,15+,17+/m0/s1. The van der Waals surface area contributed by atoms with Crippen molar-refractivity contribution in [2.75, 3.05) is 33.7 Å². The van der Waals surface area contributed by atoms with Gasteiger partial charge in [0.15, 0.2) is 5.65 Å². The Hall–Kier alpha value is -2.48. The second-order valence-corrected chi connectivity index (χ2v) is 8.21. The molecule has 150 valence electrons. The molecule has 2 aromatic heterocycles. The van der Waals surface area contributed by atoms with Gasteiger partial charge in [-0.05, 0) is 43.7 Å². The van der Waals surface area contributed by atoms with Crippen molar-refractivity contribution in [1.29, 1.82) is 0 Å². The number of rotatable bonds is 5. The number of piperidine rings is 2. The fourth-order valence-electron chi connectivity index (χ4n) is 4.52. The fraction of sp³-hybridized carbons (Fsp3) is 0.600. The van der Waals surface area contributed by atoms with Crippen LogP contribution in [0.2, 0.25) is 0 Å². The quantitative estimate of drug-likeness (QED) is 0.833. The van der Waals surface area contributed by atoms with Crippen LogP contribution < -0.4 is 5.32 Å². The molecule has 1 N–H and O–H groups in total. The maximum Gasteiger partial charge on any atom is 0.259 e. The summed E-state index contributed by atoms with van der Waals surface area (Å²) in [5.41, 5.74) is 1.18. The summed E-state index contributed by atoms with van der Waals surface area (Å²) in [4.78, 5) is 32.9. The Bertz CT molecular complexity index is 863. The van der Waals surface area contributed by atoms with E-state index in [0.717, 1.165) is 38.9 Å². The summed E-state index contributed by atoms with van der Waals surface area (Å²) in [5.74, 6) is 1.11. The van der Waals surface area contributed by atoms with Crippen LogP contribution in [0, 0.1) is 11.8 Å². The van der Waals surface area contributed by atoms with Crippen LogP contribution in [0.3, 0.4) is 0 Å². The van der Waals surface area contributed by atoms with E-state index in [1.807, 2.05) is 4.90 Å². The van der Waals surface area contributed by atoms with Crippen molar-refractivity contribution in [2.24, 2.45) is 11.8 Å². The summed E-state index contributed by atoms with van der Waals surface area (Å²) < 4.78 is 1.64. The highest BCUT2D eigenvalue weighted by atomic mass is 16.2. The zero-order chi connectivity index (χ0) is 19.7. The Morgan fingerprint density at radius 2 is 2.18 bits per heavy atom. The molecule has 0 aliphatic carbocycles. The molecule has 2 bridgehead atoms. The first-order valence-electron chi connectivity index (χ1n) is 10.0. The van der Waals surface area contributed by atoms with E-state index >= 15 is 0 Å². The van der Waals surface area contributed by atoms with Crippen LogP contribution in [0.4, 0.5) is 0 Å². The van der Waals surface area contributed by atoms with Crippen LogP contribution in [0.1, 0.15) is 36.0 Å². The van der Waals surface area contributed by atoms with E-state index in [2.05, 4.69) is 15.4 Å². The lowest BCUT2D eigenvalue weighted by Gasteiger charge is -2.46. The highest BCUT2D eigenvalue weighted by Crippen LogP contribution is 2.31. The summed E-state index contributed by atoms with van der Waals surface area (Å²) in [6, 6.07) is 2.17. The Morgan fingerprint density at radius 1 is 1.32 bits per heavy atom. The monoisotopic (exact) mass is 384 g/mol. The third kappa shape index (κ3) is 3.73. The molecule has 2 aliphatic heterocycles. The first kappa shape index (κ1) is 18.9. The van der Waals surface area contributed by atoms with Gasteiger partial charge in [0.25, 0.3) is 5.91 Å². The van der Waals surface area contributed by atoms with Crippen molar-refractivity contribution >= 4 is 17.5 Å². The first-order valence-corrected chi connectivity index (χ1v) is 10.0. The molecular formula is C20H28N6O2. The number of likely N-dealkylation sites (tertiary alicyclic amines) is 1. The molecule has 2 aromatic rings. The average molecular weight is 384 g/mol. The molecule has 4 heterocycles. The predicted molar refractivity (Wildman–Crippen MR) is 105 cm³/mol. The van der Waals surface area contributed by atoms with Crippen molar-refractivity contribution in [3.8, 4) is 0 Å². The molecule has 0 saturated carbocycles. The van der Waals surface area contributed by atoms with Crippen LogP contribution >= 0.6 is 0 Å². The van der Waals surface area contributed by atoms with Gasteiger partial charge < -0.3 is 15.1 Å². The summed E-state index contributed by atoms with van der Waals surface area (Å²) in [5, 5.41) is 7.91.